The van der Waals surface area contributed by atoms with Crippen LogP contribution < -0.4 is 10.1 Å². The first-order valence-electron chi connectivity index (χ1n) is 8.77. The van der Waals surface area contributed by atoms with E-state index in [4.69, 9.17) is 4.74 Å². The van der Waals surface area contributed by atoms with Crippen molar-refractivity contribution in [3.63, 3.8) is 0 Å². The van der Waals surface area contributed by atoms with Gasteiger partial charge in [0.15, 0.2) is 5.13 Å². The lowest BCUT2D eigenvalue weighted by molar-refractivity contribution is -0.115. The zero-order chi connectivity index (χ0) is 20.4. The first-order valence-corrected chi connectivity index (χ1v) is 9.65. The summed E-state index contributed by atoms with van der Waals surface area (Å²) in [4.78, 5) is 31.4. The van der Waals surface area contributed by atoms with Crippen LogP contribution in [0.2, 0.25) is 0 Å². The number of aromatic amines is 1. The molecule has 0 spiro atoms. The summed E-state index contributed by atoms with van der Waals surface area (Å²) in [5.41, 5.74) is 3.18. The largest absolute Gasteiger partial charge is 0.497 e. The quantitative estimate of drug-likeness (QED) is 0.445. The molecule has 0 aliphatic heterocycles. The molecule has 3 N–H and O–H groups in total. The maximum Gasteiger partial charge on any atom is 0.335 e. The highest BCUT2D eigenvalue weighted by molar-refractivity contribution is 7.14. The van der Waals surface area contributed by atoms with Crippen molar-refractivity contribution in [2.75, 3.05) is 12.4 Å². The number of carbonyl (C=O) groups is 2. The fraction of sp³-hybridized carbons (Fsp3) is 0.0952. The van der Waals surface area contributed by atoms with Crippen LogP contribution in [0.4, 0.5) is 5.13 Å². The summed E-state index contributed by atoms with van der Waals surface area (Å²) in [6, 6.07) is 12.2. The van der Waals surface area contributed by atoms with Gasteiger partial charge in [0.05, 0.1) is 24.8 Å². The van der Waals surface area contributed by atoms with Crippen LogP contribution in [0, 0.1) is 0 Å². The van der Waals surface area contributed by atoms with Crippen molar-refractivity contribution in [3.05, 3.63) is 65.2 Å². The molecule has 4 aromatic rings. The second-order valence-corrected chi connectivity index (χ2v) is 7.20. The molecule has 0 unspecified atom stereocenters. The maximum absolute atomic E-state index is 12.4. The lowest BCUT2D eigenvalue weighted by Gasteiger charge is -2.05. The van der Waals surface area contributed by atoms with Gasteiger partial charge in [0, 0.05) is 34.1 Å². The van der Waals surface area contributed by atoms with Crippen LogP contribution >= 0.6 is 11.3 Å². The Morgan fingerprint density at radius 2 is 2.07 bits per heavy atom. The zero-order valence-electron chi connectivity index (χ0n) is 15.4. The number of carboxylic acid groups (broad SMARTS) is 1. The number of hydrogen-bond acceptors (Lipinski definition) is 5. The Morgan fingerprint density at radius 1 is 1.24 bits per heavy atom. The molecule has 29 heavy (non-hydrogen) atoms. The SMILES string of the molecule is COc1ccc2c(-c3csc(NC(=O)Cc4ccccc4C(=O)O)n3)c[nH]c2c1. The van der Waals surface area contributed by atoms with Gasteiger partial charge in [-0.1, -0.05) is 18.2 Å². The number of aromatic carboxylic acids is 1. The monoisotopic (exact) mass is 407 g/mol. The Balaban J connectivity index is 1.51. The standard InChI is InChI=1S/C21H17N3O4S/c1-28-13-6-7-15-16(10-22-17(15)9-13)18-11-29-21(23-18)24-19(25)8-12-4-2-3-5-14(12)20(26)27/h2-7,9-11,22H,8H2,1H3,(H,26,27)(H,23,24,25). The number of carboxylic acids is 1. The third-order valence-electron chi connectivity index (χ3n) is 4.51. The summed E-state index contributed by atoms with van der Waals surface area (Å²) in [5.74, 6) is -0.608. The molecule has 0 aliphatic rings. The number of aromatic nitrogens is 2. The molecule has 4 rings (SSSR count). The molecule has 146 valence electrons. The molecular weight excluding hydrogens is 390 g/mol. The molecule has 0 atom stereocenters. The number of rotatable bonds is 6. The van der Waals surface area contributed by atoms with Crippen molar-refractivity contribution < 1.29 is 19.4 Å². The third kappa shape index (κ3) is 3.83. The minimum Gasteiger partial charge on any atom is -0.497 e. The average Bonchev–Trinajstić information content (AvgIpc) is 3.34. The molecule has 0 aliphatic carbocycles. The smallest absolute Gasteiger partial charge is 0.335 e. The van der Waals surface area contributed by atoms with Crippen molar-refractivity contribution in [1.82, 2.24) is 9.97 Å². The first-order chi connectivity index (χ1) is 14.0. The number of methoxy groups -OCH3 is 1. The number of H-pyrrole nitrogens is 1. The van der Waals surface area contributed by atoms with E-state index >= 15 is 0 Å². The van der Waals surface area contributed by atoms with Crippen molar-refractivity contribution in [2.24, 2.45) is 0 Å². The second kappa shape index (κ2) is 7.76. The summed E-state index contributed by atoms with van der Waals surface area (Å²) in [5, 5.41) is 15.3. The van der Waals surface area contributed by atoms with Crippen LogP contribution in [-0.4, -0.2) is 34.1 Å². The van der Waals surface area contributed by atoms with E-state index in [0.717, 1.165) is 27.9 Å². The number of fused-ring (bicyclic) bond motifs is 1. The highest BCUT2D eigenvalue weighted by atomic mass is 32.1. The van der Waals surface area contributed by atoms with E-state index in [9.17, 15) is 14.7 Å². The Kier molecular flexibility index (Phi) is 5.01. The number of nitrogens with one attached hydrogen (secondary N) is 2. The molecule has 2 heterocycles. The Morgan fingerprint density at radius 3 is 2.86 bits per heavy atom. The fourth-order valence-electron chi connectivity index (χ4n) is 3.12. The van der Waals surface area contributed by atoms with Gasteiger partial charge in [-0.3, -0.25) is 4.79 Å². The van der Waals surface area contributed by atoms with E-state index < -0.39 is 5.97 Å². The topological polar surface area (TPSA) is 104 Å². The van der Waals surface area contributed by atoms with E-state index in [1.165, 1.54) is 17.4 Å². The van der Waals surface area contributed by atoms with Crippen LogP contribution in [0.15, 0.2) is 54.0 Å². The number of nitrogens with zero attached hydrogens (tertiary/aromatic N) is 1. The van der Waals surface area contributed by atoms with E-state index in [-0.39, 0.29) is 17.9 Å². The molecule has 0 saturated heterocycles. The molecule has 7 nitrogen and oxygen atoms in total. The van der Waals surface area contributed by atoms with E-state index in [0.29, 0.717) is 10.7 Å². The molecule has 0 saturated carbocycles. The van der Waals surface area contributed by atoms with Gasteiger partial charge in [0.25, 0.3) is 0 Å². The lowest BCUT2D eigenvalue weighted by atomic mass is 10.0. The van der Waals surface area contributed by atoms with Crippen LogP contribution in [0.1, 0.15) is 15.9 Å². The number of anilines is 1. The summed E-state index contributed by atoms with van der Waals surface area (Å²) in [6.45, 7) is 0. The number of hydrogen-bond donors (Lipinski definition) is 3. The van der Waals surface area contributed by atoms with Gasteiger partial charge in [-0.05, 0) is 23.8 Å². The second-order valence-electron chi connectivity index (χ2n) is 6.34. The summed E-state index contributed by atoms with van der Waals surface area (Å²) in [6.07, 6.45) is 1.83. The zero-order valence-corrected chi connectivity index (χ0v) is 16.2. The van der Waals surface area contributed by atoms with Crippen molar-refractivity contribution >= 4 is 39.2 Å². The summed E-state index contributed by atoms with van der Waals surface area (Å²) < 4.78 is 5.24. The first kappa shape index (κ1) is 18.7. The number of benzene rings is 2. The average molecular weight is 407 g/mol. The van der Waals surface area contributed by atoms with Crippen molar-refractivity contribution in [2.45, 2.75) is 6.42 Å². The molecule has 0 radical (unpaired) electrons. The van der Waals surface area contributed by atoms with Crippen molar-refractivity contribution in [3.8, 4) is 17.0 Å². The van der Waals surface area contributed by atoms with E-state index in [1.807, 2.05) is 29.8 Å². The van der Waals surface area contributed by atoms with Gasteiger partial charge in [-0.15, -0.1) is 11.3 Å². The van der Waals surface area contributed by atoms with Gasteiger partial charge in [-0.25, -0.2) is 9.78 Å². The third-order valence-corrected chi connectivity index (χ3v) is 5.27. The summed E-state index contributed by atoms with van der Waals surface area (Å²) >= 11 is 1.32. The Bertz CT molecular complexity index is 1210. The Hall–Kier alpha value is -3.65. The van der Waals surface area contributed by atoms with Gasteiger partial charge in [0.2, 0.25) is 5.91 Å². The molecular formula is C21H17N3O4S. The number of carbonyl (C=O) groups excluding carboxylic acids is 1. The molecule has 1 amide bonds. The van der Waals surface area contributed by atoms with Gasteiger partial charge >= 0.3 is 5.97 Å². The van der Waals surface area contributed by atoms with Gasteiger partial charge < -0.3 is 20.1 Å². The highest BCUT2D eigenvalue weighted by Gasteiger charge is 2.15. The molecule has 0 bridgehead atoms. The summed E-state index contributed by atoms with van der Waals surface area (Å²) in [7, 11) is 1.62. The van der Waals surface area contributed by atoms with E-state index in [2.05, 4.69) is 15.3 Å². The van der Waals surface area contributed by atoms with Crippen LogP contribution in [-0.2, 0) is 11.2 Å². The Labute approximate surface area is 170 Å². The van der Waals surface area contributed by atoms with Gasteiger partial charge in [-0.2, -0.15) is 0 Å². The predicted octanol–water partition coefficient (Wildman–Crippen LogP) is 4.18. The lowest BCUT2D eigenvalue weighted by Crippen LogP contribution is -2.16. The molecule has 2 aromatic heterocycles. The molecule has 2 aromatic carbocycles. The van der Waals surface area contributed by atoms with Crippen LogP contribution in [0.25, 0.3) is 22.2 Å². The molecule has 8 heteroatoms. The van der Waals surface area contributed by atoms with Crippen LogP contribution in [0.5, 0.6) is 5.75 Å². The maximum atomic E-state index is 12.4. The van der Waals surface area contributed by atoms with Crippen LogP contribution in [0.3, 0.4) is 0 Å². The van der Waals surface area contributed by atoms with E-state index in [1.54, 1.807) is 25.3 Å². The highest BCUT2D eigenvalue weighted by Crippen LogP contribution is 2.32. The fourth-order valence-corrected chi connectivity index (χ4v) is 3.85. The van der Waals surface area contributed by atoms with Gasteiger partial charge in [0.1, 0.15) is 5.75 Å². The molecule has 0 fully saturated rings. The predicted molar refractivity (Wildman–Crippen MR) is 112 cm³/mol. The van der Waals surface area contributed by atoms with Crippen molar-refractivity contribution in [1.29, 1.82) is 0 Å². The number of amides is 1. The minimum absolute atomic E-state index is 0.0374. The normalized spacial score (nSPS) is 10.8. The number of ether oxygens (including phenoxy) is 1. The number of thiazole rings is 1. The minimum atomic E-state index is -1.05.